The van der Waals surface area contributed by atoms with E-state index in [-0.39, 0.29) is 51.0 Å². The summed E-state index contributed by atoms with van der Waals surface area (Å²) in [5.41, 5.74) is 0. The van der Waals surface area contributed by atoms with Crippen LogP contribution < -0.4 is 24.8 Å². The molecule has 2 aromatic carbocycles. The van der Waals surface area contributed by atoms with Gasteiger partial charge in [0.25, 0.3) is 0 Å². The van der Waals surface area contributed by atoms with Crippen LogP contribution in [0.15, 0.2) is 60.7 Å². The Balaban J connectivity index is -0.0000001000. The molecule has 2 aromatic rings. The minimum Gasteiger partial charge on any atom is -1.00 e. The van der Waals surface area contributed by atoms with Gasteiger partial charge in [-0.2, -0.15) is 20.8 Å². The fourth-order valence-electron chi connectivity index (χ4n) is 0.856. The molecule has 0 spiro atoms. The van der Waals surface area contributed by atoms with Gasteiger partial charge in [0, 0.05) is 0 Å². The summed E-state index contributed by atoms with van der Waals surface area (Å²) in [6.45, 7) is 6.25. The van der Waals surface area contributed by atoms with Crippen molar-refractivity contribution in [2.45, 2.75) is 20.8 Å². The number of aromatic hydroxyl groups is 2. The van der Waals surface area contributed by atoms with Crippen molar-refractivity contribution >= 4 is 0 Å². The minimum absolute atomic E-state index is 0. The third-order valence-corrected chi connectivity index (χ3v) is 1.51. The van der Waals surface area contributed by atoms with Gasteiger partial charge < -0.3 is 40.9 Å². The molecule has 0 heterocycles. The molecule has 0 aliphatic carbocycles. The summed E-state index contributed by atoms with van der Waals surface area (Å²) < 4.78 is 0. The predicted molar refractivity (Wildman–Crippen MR) is 76.5 cm³/mol. The molecule has 0 amide bonds. The van der Waals surface area contributed by atoms with Crippen molar-refractivity contribution < 1.29 is 61.2 Å². The third kappa shape index (κ3) is 24.9. The van der Waals surface area contributed by atoms with E-state index in [1.807, 2.05) is 12.1 Å². The van der Waals surface area contributed by atoms with Gasteiger partial charge in [0.15, 0.2) is 0 Å². The largest absolute Gasteiger partial charge is 3.00 e. The second kappa shape index (κ2) is 19.5. The number of para-hydroxylation sites is 2. The number of halogens is 2. The van der Waals surface area contributed by atoms with E-state index < -0.39 is 0 Å². The number of phenolic OH excluding ortho intramolecular Hbond substituents is 2. The number of hydrogen-bond acceptors (Lipinski definition) is 2. The van der Waals surface area contributed by atoms with E-state index in [1.54, 1.807) is 48.5 Å². The van der Waals surface area contributed by atoms with Crippen molar-refractivity contribution in [3.63, 3.8) is 0 Å². The maximum absolute atomic E-state index is 8.63. The van der Waals surface area contributed by atoms with E-state index in [1.165, 1.54) is 5.92 Å². The smallest absolute Gasteiger partial charge is 1.00 e. The van der Waals surface area contributed by atoms with Crippen molar-refractivity contribution in [2.75, 3.05) is 0 Å². The Bertz CT molecular complexity index is 357. The molecule has 0 aliphatic heterocycles. The van der Waals surface area contributed by atoms with Gasteiger partial charge in [-0.05, 0) is 24.3 Å². The molecule has 2 nitrogen and oxygen atoms in total. The van der Waals surface area contributed by atoms with Crippen LogP contribution in [0.2, 0.25) is 0 Å². The molecule has 0 aliphatic rings. The second-order valence-electron chi connectivity index (χ2n) is 4.17. The molecule has 0 saturated carbocycles. The zero-order chi connectivity index (χ0) is 13.8. The van der Waals surface area contributed by atoms with Gasteiger partial charge in [-0.15, -0.1) is 0 Å². The van der Waals surface area contributed by atoms with Crippen LogP contribution in [0.25, 0.3) is 0 Å². The normalized spacial score (nSPS) is 7.43. The van der Waals surface area contributed by atoms with Crippen molar-refractivity contribution in [1.82, 2.24) is 0 Å². The summed E-state index contributed by atoms with van der Waals surface area (Å²) in [6.07, 6.45) is 0. The summed E-state index contributed by atoms with van der Waals surface area (Å²) in [6, 6.07) is 17.4. The molecule has 0 fully saturated rings. The number of rotatable bonds is 0. The predicted octanol–water partition coefficient (Wildman–Crippen LogP) is -1.59. The van der Waals surface area contributed by atoms with Gasteiger partial charge in [-0.25, -0.2) is 0 Å². The van der Waals surface area contributed by atoms with E-state index in [2.05, 4.69) is 20.8 Å². The Kier molecular flexibility index (Phi) is 26.6. The van der Waals surface area contributed by atoms with E-state index in [4.69, 9.17) is 10.2 Å². The Morgan fingerprint density at radius 1 is 0.619 bits per heavy atom. The second-order valence-corrected chi connectivity index (χ2v) is 4.17. The molecule has 5 heteroatoms. The van der Waals surface area contributed by atoms with Crippen LogP contribution in [0.1, 0.15) is 20.8 Å². The molecule has 21 heavy (non-hydrogen) atoms. The van der Waals surface area contributed by atoms with Crippen molar-refractivity contribution in [1.29, 1.82) is 0 Å². The molecular formula is C16H21Cl2O2Zr. The maximum Gasteiger partial charge on any atom is 3.00 e. The van der Waals surface area contributed by atoms with Crippen LogP contribution in [0.5, 0.6) is 11.5 Å². The van der Waals surface area contributed by atoms with E-state index in [9.17, 15) is 0 Å². The van der Waals surface area contributed by atoms with E-state index in [0.717, 1.165) is 0 Å². The number of phenols is 2. The van der Waals surface area contributed by atoms with Crippen LogP contribution in [0, 0.1) is 5.92 Å². The van der Waals surface area contributed by atoms with Crippen molar-refractivity contribution in [3.8, 4) is 11.5 Å². The zero-order valence-electron chi connectivity index (χ0n) is 12.4. The van der Waals surface area contributed by atoms with Gasteiger partial charge in [-0.1, -0.05) is 36.4 Å². The first-order chi connectivity index (χ1) is 8.52. The van der Waals surface area contributed by atoms with Gasteiger partial charge >= 0.3 is 26.2 Å². The quantitative estimate of drug-likeness (QED) is 0.517. The number of benzene rings is 2. The molecule has 115 valence electrons. The molecule has 2 N–H and O–H groups in total. The van der Waals surface area contributed by atoms with Gasteiger partial charge in [0.05, 0.1) is 0 Å². The molecule has 0 aromatic heterocycles. The monoisotopic (exact) mass is 405 g/mol. The first-order valence-electron chi connectivity index (χ1n) is 5.77. The van der Waals surface area contributed by atoms with Crippen LogP contribution in [-0.4, -0.2) is 10.2 Å². The first kappa shape index (κ1) is 28.6. The van der Waals surface area contributed by atoms with Crippen LogP contribution >= 0.6 is 0 Å². The SMILES string of the molecule is C[C-](C)C.Oc1ccccc1.Oc1ccccc1.[Cl-].[Cl-].[Zr+3]. The zero-order valence-corrected chi connectivity index (χ0v) is 16.4. The topological polar surface area (TPSA) is 40.5 Å². The molecule has 0 bridgehead atoms. The van der Waals surface area contributed by atoms with E-state index >= 15 is 0 Å². The Morgan fingerprint density at radius 3 is 0.905 bits per heavy atom. The summed E-state index contributed by atoms with van der Waals surface area (Å²) in [4.78, 5) is 0. The first-order valence-corrected chi connectivity index (χ1v) is 5.77. The van der Waals surface area contributed by atoms with Crippen molar-refractivity contribution in [3.05, 3.63) is 66.6 Å². The van der Waals surface area contributed by atoms with Crippen LogP contribution in [0.4, 0.5) is 0 Å². The number of hydrogen-bond donors (Lipinski definition) is 2. The van der Waals surface area contributed by atoms with Crippen LogP contribution in [-0.2, 0) is 26.2 Å². The maximum atomic E-state index is 8.63. The molecule has 0 unspecified atom stereocenters. The molecular weight excluding hydrogens is 386 g/mol. The molecule has 0 saturated heterocycles. The Labute approximate surface area is 159 Å². The Hall–Kier alpha value is -0.497. The average Bonchev–Trinajstić information content (AvgIpc) is 2.31. The summed E-state index contributed by atoms with van der Waals surface area (Å²) >= 11 is 0. The Morgan fingerprint density at radius 2 is 0.810 bits per heavy atom. The van der Waals surface area contributed by atoms with Gasteiger partial charge in [0.2, 0.25) is 0 Å². The summed E-state index contributed by atoms with van der Waals surface area (Å²) in [5, 5.41) is 17.3. The third-order valence-electron chi connectivity index (χ3n) is 1.51. The van der Waals surface area contributed by atoms with Gasteiger partial charge in [-0.3, -0.25) is 0 Å². The molecule has 1 radical (unpaired) electrons. The summed E-state index contributed by atoms with van der Waals surface area (Å²) in [5.74, 6) is 2.06. The minimum atomic E-state index is 0. The van der Waals surface area contributed by atoms with Crippen molar-refractivity contribution in [2.24, 2.45) is 0 Å². The molecule has 0 atom stereocenters. The average molecular weight is 407 g/mol. The standard InChI is InChI=1S/2C6H6O.C4H9.2ClH.Zr/c2*7-6-4-2-1-3-5-6;1-4(2)3;;;/h2*1-5,7H;1-3H3;2*1H;/q;;-1;;;+3/p-2. The fourth-order valence-corrected chi connectivity index (χ4v) is 0.856. The fraction of sp³-hybridized carbons (Fsp3) is 0.188. The van der Waals surface area contributed by atoms with E-state index in [0.29, 0.717) is 11.5 Å². The van der Waals surface area contributed by atoms with Crippen LogP contribution in [0.3, 0.4) is 0 Å². The molecule has 2 rings (SSSR count). The van der Waals surface area contributed by atoms with Gasteiger partial charge in [0.1, 0.15) is 11.5 Å². The summed E-state index contributed by atoms with van der Waals surface area (Å²) in [7, 11) is 0.